The second-order valence-electron chi connectivity index (χ2n) is 7.12. The lowest BCUT2D eigenvalue weighted by Crippen LogP contribution is -2.03. The van der Waals surface area contributed by atoms with Crippen molar-refractivity contribution in [1.82, 2.24) is 9.97 Å². The zero-order chi connectivity index (χ0) is 19.2. The first-order valence-electron chi connectivity index (χ1n) is 9.21. The van der Waals surface area contributed by atoms with Gasteiger partial charge in [-0.3, -0.25) is 0 Å². The normalized spacial score (nSPS) is 12.6. The van der Waals surface area contributed by atoms with Crippen LogP contribution in [-0.4, -0.2) is 9.97 Å². The van der Waals surface area contributed by atoms with Gasteiger partial charge in [-0.15, -0.1) is 5.11 Å². The molecule has 0 amide bonds. The minimum absolute atomic E-state index is 0.107. The zero-order valence-electron chi connectivity index (χ0n) is 16.0. The first-order chi connectivity index (χ1) is 13.1. The van der Waals surface area contributed by atoms with Crippen molar-refractivity contribution in [1.29, 1.82) is 0 Å². The quantitative estimate of drug-likeness (QED) is 0.361. The number of hydrogen-bond donors (Lipinski definition) is 1. The highest BCUT2D eigenvalue weighted by Crippen LogP contribution is 2.28. The molecule has 5 heteroatoms. The fourth-order valence-electron chi connectivity index (χ4n) is 3.09. The van der Waals surface area contributed by atoms with E-state index in [9.17, 15) is 0 Å². The van der Waals surface area contributed by atoms with Crippen molar-refractivity contribution in [2.45, 2.75) is 33.1 Å². The topological polar surface area (TPSA) is 76.5 Å². The summed E-state index contributed by atoms with van der Waals surface area (Å²) in [4.78, 5) is 9.24. The fraction of sp³-hybridized carbons (Fsp3) is 0.273. The molecule has 0 fully saturated rings. The van der Waals surface area contributed by atoms with Gasteiger partial charge in [0.2, 0.25) is 0 Å². The van der Waals surface area contributed by atoms with Crippen LogP contribution in [0.2, 0.25) is 0 Å². The Balaban J connectivity index is 1.96. The summed E-state index contributed by atoms with van der Waals surface area (Å²) < 4.78 is 0. The number of nitrogens with zero attached hydrogens (tertiary/aromatic N) is 4. The molecule has 0 bridgehead atoms. The Labute approximate surface area is 160 Å². The molecule has 0 spiro atoms. The molecule has 1 atom stereocenters. The van der Waals surface area contributed by atoms with Crippen molar-refractivity contribution in [3.63, 3.8) is 0 Å². The number of rotatable bonds is 6. The highest BCUT2D eigenvalue weighted by atomic mass is 15.3. The molecule has 0 aliphatic heterocycles. The molecule has 27 heavy (non-hydrogen) atoms. The van der Waals surface area contributed by atoms with Gasteiger partial charge in [0.05, 0.1) is 5.69 Å². The minimum Gasteiger partial charge on any atom is -0.305 e. The van der Waals surface area contributed by atoms with E-state index in [1.807, 2.05) is 36.4 Å². The molecule has 0 radical (unpaired) electrons. The van der Waals surface area contributed by atoms with Gasteiger partial charge in [0.1, 0.15) is 0 Å². The van der Waals surface area contributed by atoms with E-state index >= 15 is 0 Å². The number of benzene rings is 2. The third-order valence-electron chi connectivity index (χ3n) is 4.49. The molecule has 5 nitrogen and oxygen atoms in total. The summed E-state index contributed by atoms with van der Waals surface area (Å²) in [6, 6.07) is 20.5. The van der Waals surface area contributed by atoms with Crippen LogP contribution in [0.4, 0.5) is 5.82 Å². The van der Waals surface area contributed by atoms with E-state index in [-0.39, 0.29) is 5.92 Å². The highest BCUT2D eigenvalue weighted by Gasteiger charge is 2.14. The van der Waals surface area contributed by atoms with Crippen LogP contribution in [0.3, 0.4) is 0 Å². The van der Waals surface area contributed by atoms with Gasteiger partial charge in [-0.1, -0.05) is 80.6 Å². The lowest BCUT2D eigenvalue weighted by atomic mass is 9.94. The maximum Gasteiger partial charge on any atom is 0.180 e. The van der Waals surface area contributed by atoms with Gasteiger partial charge in [0, 0.05) is 17.5 Å². The van der Waals surface area contributed by atoms with Gasteiger partial charge < -0.3 is 5.84 Å². The molecule has 3 rings (SSSR count). The average molecular weight is 359 g/mol. The van der Waals surface area contributed by atoms with Crippen molar-refractivity contribution in [3.8, 4) is 11.4 Å². The maximum absolute atomic E-state index is 5.24. The summed E-state index contributed by atoms with van der Waals surface area (Å²) in [5, 5.41) is 7.32. The standard InChI is InChI=1S/C22H25N5/c1-15(2)13-17-9-11-18(12-10-17)16(3)20-14-21(26-27-23)25-22(24-20)19-7-5-4-6-8-19/h4-12,14-16H,13H2,1-3H3,(H2,23,24,25,26). The molecule has 3 aromatic rings. The van der Waals surface area contributed by atoms with E-state index in [1.165, 1.54) is 11.1 Å². The molecule has 2 aromatic carbocycles. The summed E-state index contributed by atoms with van der Waals surface area (Å²) in [7, 11) is 0. The van der Waals surface area contributed by atoms with Crippen LogP contribution < -0.4 is 5.84 Å². The Morgan fingerprint density at radius 1 is 0.926 bits per heavy atom. The van der Waals surface area contributed by atoms with Gasteiger partial charge in [-0.2, -0.15) is 0 Å². The van der Waals surface area contributed by atoms with Crippen LogP contribution in [0.1, 0.15) is 43.5 Å². The van der Waals surface area contributed by atoms with Gasteiger partial charge in [0.25, 0.3) is 0 Å². The molecule has 2 N–H and O–H groups in total. The second kappa shape index (κ2) is 8.54. The van der Waals surface area contributed by atoms with Crippen molar-refractivity contribution < 1.29 is 0 Å². The van der Waals surface area contributed by atoms with Gasteiger partial charge in [0.15, 0.2) is 11.6 Å². The van der Waals surface area contributed by atoms with Gasteiger partial charge >= 0.3 is 0 Å². The molecular weight excluding hydrogens is 334 g/mol. The van der Waals surface area contributed by atoms with Gasteiger partial charge in [-0.25, -0.2) is 9.97 Å². The largest absolute Gasteiger partial charge is 0.305 e. The minimum atomic E-state index is 0.107. The lowest BCUT2D eigenvalue weighted by molar-refractivity contribution is 0.647. The van der Waals surface area contributed by atoms with Crippen molar-refractivity contribution in [2.75, 3.05) is 0 Å². The van der Waals surface area contributed by atoms with Crippen LogP contribution in [0.5, 0.6) is 0 Å². The molecular formula is C22H25N5. The smallest absolute Gasteiger partial charge is 0.180 e. The predicted molar refractivity (Wildman–Crippen MR) is 109 cm³/mol. The van der Waals surface area contributed by atoms with Crippen LogP contribution in [0.25, 0.3) is 11.4 Å². The summed E-state index contributed by atoms with van der Waals surface area (Å²) in [6.07, 6.45) is 1.08. The second-order valence-corrected chi connectivity index (χ2v) is 7.12. The summed E-state index contributed by atoms with van der Waals surface area (Å²) in [5.41, 5.74) is 4.39. The lowest BCUT2D eigenvalue weighted by Gasteiger charge is -2.14. The van der Waals surface area contributed by atoms with E-state index in [0.717, 1.165) is 17.7 Å². The van der Waals surface area contributed by atoms with E-state index in [1.54, 1.807) is 0 Å². The number of aromatic nitrogens is 2. The van der Waals surface area contributed by atoms with E-state index in [4.69, 9.17) is 10.8 Å². The third-order valence-corrected chi connectivity index (χ3v) is 4.49. The van der Waals surface area contributed by atoms with Crippen molar-refractivity contribution >= 4 is 5.82 Å². The molecule has 138 valence electrons. The number of nitrogens with two attached hydrogens (primary N) is 1. The molecule has 1 aromatic heterocycles. The Kier molecular flexibility index (Phi) is 5.91. The first kappa shape index (κ1) is 18.7. The highest BCUT2D eigenvalue weighted by molar-refractivity contribution is 5.57. The SMILES string of the molecule is CC(C)Cc1ccc(C(C)c2cc(N=NN)nc(-c3ccccc3)n2)cc1. The summed E-state index contributed by atoms with van der Waals surface area (Å²) in [6.45, 7) is 6.60. The third kappa shape index (κ3) is 4.76. The van der Waals surface area contributed by atoms with E-state index < -0.39 is 0 Å². The first-order valence-corrected chi connectivity index (χ1v) is 9.21. The molecule has 1 unspecified atom stereocenters. The molecule has 0 aliphatic rings. The fourth-order valence-corrected chi connectivity index (χ4v) is 3.09. The predicted octanol–water partition coefficient (Wildman–Crippen LogP) is 5.45. The Hall–Kier alpha value is -3.08. The summed E-state index contributed by atoms with van der Waals surface area (Å²) >= 11 is 0. The Morgan fingerprint density at radius 2 is 1.63 bits per heavy atom. The molecule has 0 saturated heterocycles. The van der Waals surface area contributed by atoms with Crippen LogP contribution in [-0.2, 0) is 6.42 Å². The number of hydrogen-bond acceptors (Lipinski definition) is 4. The van der Waals surface area contributed by atoms with Crippen LogP contribution >= 0.6 is 0 Å². The van der Waals surface area contributed by atoms with Crippen LogP contribution in [0, 0.1) is 5.92 Å². The molecule has 0 aliphatic carbocycles. The van der Waals surface area contributed by atoms with E-state index in [0.29, 0.717) is 17.6 Å². The summed E-state index contributed by atoms with van der Waals surface area (Å²) in [5.74, 6) is 7.08. The zero-order valence-corrected chi connectivity index (χ0v) is 16.0. The Bertz CT molecular complexity index is 902. The maximum atomic E-state index is 5.24. The van der Waals surface area contributed by atoms with Crippen molar-refractivity contribution in [3.05, 3.63) is 77.5 Å². The van der Waals surface area contributed by atoms with Gasteiger partial charge in [-0.05, 0) is 23.5 Å². The van der Waals surface area contributed by atoms with Crippen molar-refractivity contribution in [2.24, 2.45) is 22.1 Å². The Morgan fingerprint density at radius 3 is 2.26 bits per heavy atom. The monoisotopic (exact) mass is 359 g/mol. The molecule has 0 saturated carbocycles. The van der Waals surface area contributed by atoms with E-state index in [2.05, 4.69) is 60.4 Å². The van der Waals surface area contributed by atoms with Crippen LogP contribution in [0.15, 0.2) is 71.0 Å². The average Bonchev–Trinajstić information content (AvgIpc) is 2.68. The molecule has 1 heterocycles.